The van der Waals surface area contributed by atoms with E-state index < -0.39 is 0 Å². The van der Waals surface area contributed by atoms with Crippen molar-refractivity contribution < 1.29 is 4.79 Å². The molecule has 0 aromatic carbocycles. The van der Waals surface area contributed by atoms with Crippen LogP contribution in [-0.4, -0.2) is 61.5 Å². The van der Waals surface area contributed by atoms with Crippen molar-refractivity contribution in [1.29, 1.82) is 0 Å². The molecule has 0 saturated carbocycles. The molecule has 21 heavy (non-hydrogen) atoms. The zero-order valence-electron chi connectivity index (χ0n) is 14.6. The fourth-order valence-electron chi connectivity index (χ4n) is 3.39. The molecule has 1 aliphatic heterocycles. The van der Waals surface area contributed by atoms with Crippen molar-refractivity contribution in [1.82, 2.24) is 15.1 Å². The van der Waals surface area contributed by atoms with Crippen LogP contribution in [0, 0.1) is 5.41 Å². The van der Waals surface area contributed by atoms with Crippen LogP contribution in [0.2, 0.25) is 0 Å². The van der Waals surface area contributed by atoms with Crippen LogP contribution in [-0.2, 0) is 4.79 Å². The van der Waals surface area contributed by atoms with Crippen molar-refractivity contribution in [3.8, 4) is 0 Å². The number of piperidine rings is 1. The number of rotatable bonds is 9. The lowest BCUT2D eigenvalue weighted by Gasteiger charge is -2.39. The number of nitrogens with zero attached hydrogens (tertiary/aromatic N) is 2. The molecule has 0 radical (unpaired) electrons. The SMILES string of the molecule is CCN(CC)CCCN(CC)C(=O)C1(CC)CCNCC1. The molecule has 0 bridgehead atoms. The van der Waals surface area contributed by atoms with E-state index in [4.69, 9.17) is 0 Å². The van der Waals surface area contributed by atoms with Gasteiger partial charge in [0.15, 0.2) is 0 Å². The van der Waals surface area contributed by atoms with Crippen LogP contribution < -0.4 is 5.32 Å². The van der Waals surface area contributed by atoms with E-state index in [1.165, 1.54) is 0 Å². The number of hydrogen-bond acceptors (Lipinski definition) is 3. The highest BCUT2D eigenvalue weighted by atomic mass is 16.2. The van der Waals surface area contributed by atoms with Gasteiger partial charge in [0.25, 0.3) is 0 Å². The summed E-state index contributed by atoms with van der Waals surface area (Å²) in [5.74, 6) is 0.397. The van der Waals surface area contributed by atoms with E-state index in [-0.39, 0.29) is 5.41 Å². The van der Waals surface area contributed by atoms with Crippen molar-refractivity contribution in [3.05, 3.63) is 0 Å². The lowest BCUT2D eigenvalue weighted by molar-refractivity contribution is -0.144. The molecular formula is C17H35N3O. The Balaban J connectivity index is 2.55. The Hall–Kier alpha value is -0.610. The smallest absolute Gasteiger partial charge is 0.228 e. The van der Waals surface area contributed by atoms with E-state index >= 15 is 0 Å². The lowest BCUT2D eigenvalue weighted by Crippen LogP contribution is -2.49. The van der Waals surface area contributed by atoms with Crippen LogP contribution in [0.5, 0.6) is 0 Å². The van der Waals surface area contributed by atoms with Gasteiger partial charge in [0, 0.05) is 13.1 Å². The van der Waals surface area contributed by atoms with Gasteiger partial charge in [0.1, 0.15) is 0 Å². The monoisotopic (exact) mass is 297 g/mol. The molecule has 1 heterocycles. The Bertz CT molecular complexity index is 296. The van der Waals surface area contributed by atoms with Crippen LogP contribution in [0.15, 0.2) is 0 Å². The van der Waals surface area contributed by atoms with E-state index in [0.29, 0.717) is 5.91 Å². The third kappa shape index (κ3) is 4.96. The minimum absolute atomic E-state index is 0.101. The minimum Gasteiger partial charge on any atom is -0.342 e. The average molecular weight is 297 g/mol. The van der Waals surface area contributed by atoms with Crippen molar-refractivity contribution in [2.45, 2.75) is 53.4 Å². The van der Waals surface area contributed by atoms with E-state index in [9.17, 15) is 4.79 Å². The molecule has 124 valence electrons. The van der Waals surface area contributed by atoms with Crippen molar-refractivity contribution in [2.24, 2.45) is 5.41 Å². The minimum atomic E-state index is -0.101. The van der Waals surface area contributed by atoms with E-state index in [0.717, 1.165) is 71.5 Å². The fraction of sp³-hybridized carbons (Fsp3) is 0.941. The molecule has 1 N–H and O–H groups in total. The summed E-state index contributed by atoms with van der Waals surface area (Å²) >= 11 is 0. The van der Waals surface area contributed by atoms with Gasteiger partial charge in [-0.15, -0.1) is 0 Å². The molecule has 0 unspecified atom stereocenters. The topological polar surface area (TPSA) is 35.6 Å². The Morgan fingerprint density at radius 3 is 2.10 bits per heavy atom. The van der Waals surface area contributed by atoms with E-state index in [2.05, 4.69) is 42.8 Å². The molecule has 0 spiro atoms. The van der Waals surface area contributed by atoms with Crippen molar-refractivity contribution >= 4 is 5.91 Å². The van der Waals surface area contributed by atoms with Gasteiger partial charge in [-0.2, -0.15) is 0 Å². The summed E-state index contributed by atoms with van der Waals surface area (Å²) in [4.78, 5) is 17.5. The van der Waals surface area contributed by atoms with Gasteiger partial charge in [0.2, 0.25) is 5.91 Å². The molecule has 1 amide bonds. The second-order valence-corrected chi connectivity index (χ2v) is 6.15. The van der Waals surface area contributed by atoms with Crippen LogP contribution in [0.1, 0.15) is 53.4 Å². The zero-order chi connectivity index (χ0) is 15.7. The van der Waals surface area contributed by atoms with Gasteiger partial charge in [-0.1, -0.05) is 20.8 Å². The molecule has 0 aliphatic carbocycles. The first kappa shape index (κ1) is 18.4. The Morgan fingerprint density at radius 2 is 1.62 bits per heavy atom. The molecule has 1 aliphatic rings. The molecule has 0 aromatic heterocycles. The third-order valence-electron chi connectivity index (χ3n) is 5.16. The molecule has 1 rings (SSSR count). The van der Waals surface area contributed by atoms with Gasteiger partial charge < -0.3 is 15.1 Å². The first-order chi connectivity index (χ1) is 10.1. The predicted molar refractivity (Wildman–Crippen MR) is 89.5 cm³/mol. The van der Waals surface area contributed by atoms with Gasteiger partial charge >= 0.3 is 0 Å². The Kier molecular flexibility index (Phi) is 8.27. The normalized spacial score (nSPS) is 18.0. The number of amides is 1. The predicted octanol–water partition coefficient (Wildman–Crippen LogP) is 2.35. The average Bonchev–Trinajstić information content (AvgIpc) is 2.55. The molecule has 1 fully saturated rings. The molecule has 0 atom stereocenters. The van der Waals surface area contributed by atoms with Crippen molar-refractivity contribution in [2.75, 3.05) is 45.8 Å². The summed E-state index contributed by atoms with van der Waals surface area (Å²) in [5, 5.41) is 3.38. The second-order valence-electron chi connectivity index (χ2n) is 6.15. The first-order valence-electron chi connectivity index (χ1n) is 8.86. The van der Waals surface area contributed by atoms with Gasteiger partial charge in [0.05, 0.1) is 5.41 Å². The fourth-order valence-corrected chi connectivity index (χ4v) is 3.39. The summed E-state index contributed by atoms with van der Waals surface area (Å²) in [5.41, 5.74) is -0.101. The summed E-state index contributed by atoms with van der Waals surface area (Å²) in [6, 6.07) is 0. The number of carbonyl (C=O) groups excluding carboxylic acids is 1. The number of carbonyl (C=O) groups is 1. The maximum atomic E-state index is 13.0. The molecular weight excluding hydrogens is 262 g/mol. The largest absolute Gasteiger partial charge is 0.342 e. The summed E-state index contributed by atoms with van der Waals surface area (Å²) in [6.07, 6.45) is 4.04. The highest BCUT2D eigenvalue weighted by Gasteiger charge is 2.39. The lowest BCUT2D eigenvalue weighted by atomic mass is 9.75. The van der Waals surface area contributed by atoms with E-state index in [1.807, 2.05) is 0 Å². The van der Waals surface area contributed by atoms with Crippen LogP contribution in [0.4, 0.5) is 0 Å². The summed E-state index contributed by atoms with van der Waals surface area (Å²) < 4.78 is 0. The first-order valence-corrected chi connectivity index (χ1v) is 8.86. The highest BCUT2D eigenvalue weighted by Crippen LogP contribution is 2.34. The summed E-state index contributed by atoms with van der Waals surface area (Å²) in [7, 11) is 0. The van der Waals surface area contributed by atoms with Crippen LogP contribution in [0.25, 0.3) is 0 Å². The third-order valence-corrected chi connectivity index (χ3v) is 5.16. The molecule has 4 heteroatoms. The van der Waals surface area contributed by atoms with Crippen molar-refractivity contribution in [3.63, 3.8) is 0 Å². The molecule has 1 saturated heterocycles. The van der Waals surface area contributed by atoms with Gasteiger partial charge in [-0.3, -0.25) is 4.79 Å². The molecule has 0 aromatic rings. The quantitative estimate of drug-likeness (QED) is 0.709. The standard InChI is InChI=1S/C17H35N3O/c1-5-17(10-12-18-13-11-17)16(21)20(8-4)15-9-14-19(6-2)7-3/h18H,5-15H2,1-4H3. The second kappa shape index (κ2) is 9.42. The number of nitrogens with one attached hydrogen (secondary N) is 1. The van der Waals surface area contributed by atoms with Gasteiger partial charge in [-0.05, 0) is 65.3 Å². The Labute approximate surface area is 131 Å². The zero-order valence-corrected chi connectivity index (χ0v) is 14.6. The van der Waals surface area contributed by atoms with Gasteiger partial charge in [-0.25, -0.2) is 0 Å². The highest BCUT2D eigenvalue weighted by molar-refractivity contribution is 5.82. The van der Waals surface area contributed by atoms with Crippen LogP contribution >= 0.6 is 0 Å². The maximum Gasteiger partial charge on any atom is 0.228 e. The Morgan fingerprint density at radius 1 is 1.00 bits per heavy atom. The van der Waals surface area contributed by atoms with E-state index in [1.54, 1.807) is 0 Å². The van der Waals surface area contributed by atoms with Crippen LogP contribution in [0.3, 0.4) is 0 Å². The maximum absolute atomic E-state index is 13.0. The summed E-state index contributed by atoms with van der Waals surface area (Å²) in [6.45, 7) is 15.7. The number of hydrogen-bond donors (Lipinski definition) is 1. The molecule has 4 nitrogen and oxygen atoms in total.